The van der Waals surface area contributed by atoms with E-state index in [1.807, 2.05) is 0 Å². The van der Waals surface area contributed by atoms with Crippen LogP contribution >= 0.6 is 0 Å². The second-order valence-electron chi connectivity index (χ2n) is 4.38. The Morgan fingerprint density at radius 1 is 1.26 bits per heavy atom. The molecule has 0 saturated heterocycles. The van der Waals surface area contributed by atoms with Crippen molar-refractivity contribution in [3.05, 3.63) is 35.1 Å². The van der Waals surface area contributed by atoms with Crippen molar-refractivity contribution in [2.45, 2.75) is 38.1 Å². The van der Waals surface area contributed by atoms with Crippen molar-refractivity contribution in [2.75, 3.05) is 7.11 Å². The summed E-state index contributed by atoms with van der Waals surface area (Å²) in [5.41, 5.74) is -1.19. The quantitative estimate of drug-likeness (QED) is 0.833. The lowest BCUT2D eigenvalue weighted by molar-refractivity contribution is -0.140. The van der Waals surface area contributed by atoms with Crippen LogP contribution in [0.2, 0.25) is 0 Å². The number of benzene rings is 1. The minimum atomic E-state index is -4.72. The van der Waals surface area contributed by atoms with Gasteiger partial charge in [0.2, 0.25) is 0 Å². The molecule has 0 spiro atoms. The van der Waals surface area contributed by atoms with Crippen LogP contribution in [0.3, 0.4) is 0 Å². The van der Waals surface area contributed by atoms with E-state index >= 15 is 0 Å². The molecule has 0 heterocycles. The van der Waals surface area contributed by atoms with Crippen LogP contribution in [0.1, 0.15) is 37.0 Å². The summed E-state index contributed by atoms with van der Waals surface area (Å²) in [6, 6.07) is 2.46. The highest BCUT2D eigenvalue weighted by molar-refractivity contribution is 5.27. The van der Waals surface area contributed by atoms with Gasteiger partial charge in [-0.1, -0.05) is 6.07 Å². The van der Waals surface area contributed by atoms with Gasteiger partial charge < -0.3 is 9.84 Å². The van der Waals surface area contributed by atoms with E-state index in [-0.39, 0.29) is 11.7 Å². The predicted molar refractivity (Wildman–Crippen MR) is 62.1 cm³/mol. The number of halogens is 4. The second kappa shape index (κ2) is 6.34. The Morgan fingerprint density at radius 2 is 1.89 bits per heavy atom. The highest BCUT2D eigenvalue weighted by atomic mass is 19.4. The summed E-state index contributed by atoms with van der Waals surface area (Å²) < 4.78 is 55.4. The molecule has 1 rings (SSSR count). The van der Waals surface area contributed by atoms with Gasteiger partial charge in [-0.05, 0) is 37.5 Å². The van der Waals surface area contributed by atoms with Crippen LogP contribution in [0.5, 0.6) is 0 Å². The van der Waals surface area contributed by atoms with Crippen LogP contribution in [0.15, 0.2) is 18.2 Å². The van der Waals surface area contributed by atoms with Crippen molar-refractivity contribution in [1.29, 1.82) is 0 Å². The Balaban J connectivity index is 2.78. The zero-order valence-electron chi connectivity index (χ0n) is 10.7. The maximum absolute atomic E-state index is 13.3. The van der Waals surface area contributed by atoms with Crippen LogP contribution in [-0.4, -0.2) is 18.3 Å². The van der Waals surface area contributed by atoms with E-state index < -0.39 is 23.7 Å². The first-order valence-electron chi connectivity index (χ1n) is 5.83. The number of hydrogen-bond donors (Lipinski definition) is 1. The Bertz CT molecular complexity index is 418. The van der Waals surface area contributed by atoms with E-state index in [4.69, 9.17) is 4.74 Å². The molecule has 0 aliphatic rings. The molecule has 0 radical (unpaired) electrons. The van der Waals surface area contributed by atoms with Crippen LogP contribution < -0.4 is 0 Å². The fraction of sp³-hybridized carbons (Fsp3) is 0.538. The van der Waals surface area contributed by atoms with Gasteiger partial charge in [0, 0.05) is 7.11 Å². The molecule has 2 nitrogen and oxygen atoms in total. The highest BCUT2D eigenvalue weighted by Gasteiger charge is 2.34. The van der Waals surface area contributed by atoms with Crippen molar-refractivity contribution in [1.82, 2.24) is 0 Å². The fourth-order valence-electron chi connectivity index (χ4n) is 1.65. The fourth-order valence-corrected chi connectivity index (χ4v) is 1.65. The van der Waals surface area contributed by atoms with Gasteiger partial charge in [-0.15, -0.1) is 0 Å². The van der Waals surface area contributed by atoms with Gasteiger partial charge in [-0.25, -0.2) is 4.39 Å². The first-order valence-corrected chi connectivity index (χ1v) is 5.83. The molecule has 0 bridgehead atoms. The molecular formula is C13H16F4O2. The van der Waals surface area contributed by atoms with Gasteiger partial charge in [-0.2, -0.15) is 13.2 Å². The molecule has 2 atom stereocenters. The summed E-state index contributed by atoms with van der Waals surface area (Å²) in [6.07, 6.45) is -4.98. The number of rotatable bonds is 5. The van der Waals surface area contributed by atoms with Gasteiger partial charge >= 0.3 is 6.18 Å². The normalized spacial score (nSPS) is 15.3. The standard InChI is InChI=1S/C13H16F4O2/c1-8(19-2)3-6-12(18)9-4-5-10(11(14)7-9)13(15,16)17/h4-5,7-8,12,18H,3,6H2,1-2H3. The predicted octanol–water partition coefficient (Wildman–Crippen LogP) is 3.69. The van der Waals surface area contributed by atoms with Gasteiger partial charge in [0.05, 0.1) is 17.8 Å². The molecule has 1 N–H and O–H groups in total. The van der Waals surface area contributed by atoms with Crippen molar-refractivity contribution in [3.63, 3.8) is 0 Å². The first kappa shape index (κ1) is 15.9. The lowest BCUT2D eigenvalue weighted by Crippen LogP contribution is -2.10. The lowest BCUT2D eigenvalue weighted by Gasteiger charge is -2.15. The van der Waals surface area contributed by atoms with Gasteiger partial charge in [0.15, 0.2) is 0 Å². The van der Waals surface area contributed by atoms with Crippen molar-refractivity contribution >= 4 is 0 Å². The molecule has 19 heavy (non-hydrogen) atoms. The highest BCUT2D eigenvalue weighted by Crippen LogP contribution is 2.33. The molecule has 2 unspecified atom stereocenters. The maximum atomic E-state index is 13.3. The smallest absolute Gasteiger partial charge is 0.388 e. The van der Waals surface area contributed by atoms with Crippen LogP contribution in [0.25, 0.3) is 0 Å². The molecule has 0 fully saturated rings. The Kier molecular flexibility index (Phi) is 5.31. The van der Waals surface area contributed by atoms with E-state index in [0.29, 0.717) is 18.9 Å². The van der Waals surface area contributed by atoms with Crippen LogP contribution in [0, 0.1) is 5.82 Å². The molecule has 0 aromatic heterocycles. The van der Waals surface area contributed by atoms with Crippen LogP contribution in [0.4, 0.5) is 17.6 Å². The third kappa shape index (κ3) is 4.47. The summed E-state index contributed by atoms with van der Waals surface area (Å²) in [5.74, 6) is -1.37. The molecule has 108 valence electrons. The average molecular weight is 280 g/mol. The van der Waals surface area contributed by atoms with Crippen molar-refractivity contribution in [2.24, 2.45) is 0 Å². The maximum Gasteiger partial charge on any atom is 0.419 e. The number of alkyl halides is 3. The molecule has 1 aromatic carbocycles. The Labute approximate surface area is 109 Å². The van der Waals surface area contributed by atoms with E-state index in [2.05, 4.69) is 0 Å². The molecule has 1 aromatic rings. The molecule has 0 amide bonds. The van der Waals surface area contributed by atoms with Gasteiger partial charge in [0.25, 0.3) is 0 Å². The van der Waals surface area contributed by atoms with Crippen molar-refractivity contribution < 1.29 is 27.4 Å². The number of hydrogen-bond acceptors (Lipinski definition) is 2. The summed E-state index contributed by atoms with van der Waals surface area (Å²) in [6.45, 7) is 1.81. The summed E-state index contributed by atoms with van der Waals surface area (Å²) in [4.78, 5) is 0. The topological polar surface area (TPSA) is 29.5 Å². The van der Waals surface area contributed by atoms with E-state index in [0.717, 1.165) is 12.1 Å². The number of ether oxygens (including phenoxy) is 1. The van der Waals surface area contributed by atoms with E-state index in [1.165, 1.54) is 7.11 Å². The largest absolute Gasteiger partial charge is 0.419 e. The Morgan fingerprint density at radius 3 is 2.37 bits per heavy atom. The van der Waals surface area contributed by atoms with Gasteiger partial charge in [-0.3, -0.25) is 0 Å². The Hall–Kier alpha value is -1.14. The minimum absolute atomic E-state index is 0.0751. The zero-order valence-corrected chi connectivity index (χ0v) is 10.7. The van der Waals surface area contributed by atoms with Crippen molar-refractivity contribution in [3.8, 4) is 0 Å². The van der Waals surface area contributed by atoms with Gasteiger partial charge in [0.1, 0.15) is 5.82 Å². The third-order valence-electron chi connectivity index (χ3n) is 2.93. The van der Waals surface area contributed by atoms with E-state index in [1.54, 1.807) is 6.92 Å². The number of aliphatic hydroxyl groups is 1. The molecule has 0 aliphatic heterocycles. The summed E-state index contributed by atoms with van der Waals surface area (Å²) >= 11 is 0. The monoisotopic (exact) mass is 280 g/mol. The van der Waals surface area contributed by atoms with E-state index in [9.17, 15) is 22.7 Å². The summed E-state index contributed by atoms with van der Waals surface area (Å²) in [7, 11) is 1.52. The lowest BCUT2D eigenvalue weighted by atomic mass is 10.0. The molecular weight excluding hydrogens is 264 g/mol. The summed E-state index contributed by atoms with van der Waals surface area (Å²) in [5, 5.41) is 9.78. The third-order valence-corrected chi connectivity index (χ3v) is 2.93. The number of methoxy groups -OCH3 is 1. The SMILES string of the molecule is COC(C)CCC(O)c1ccc(C(F)(F)F)c(F)c1. The first-order chi connectivity index (χ1) is 8.75. The second-order valence-corrected chi connectivity index (χ2v) is 4.38. The minimum Gasteiger partial charge on any atom is -0.388 e. The molecule has 0 aliphatic carbocycles. The average Bonchev–Trinajstić information content (AvgIpc) is 2.33. The zero-order chi connectivity index (χ0) is 14.6. The molecule has 6 heteroatoms. The van der Waals surface area contributed by atoms with Crippen LogP contribution in [-0.2, 0) is 10.9 Å². The number of aliphatic hydroxyl groups excluding tert-OH is 1. The molecule has 0 saturated carbocycles.